The number of aryl methyl sites for hydroxylation is 1. The van der Waals surface area contributed by atoms with E-state index in [9.17, 15) is 4.79 Å². The Labute approximate surface area is 181 Å². The van der Waals surface area contributed by atoms with Gasteiger partial charge in [-0.2, -0.15) is 0 Å². The van der Waals surface area contributed by atoms with Crippen molar-refractivity contribution >= 4 is 28.8 Å². The van der Waals surface area contributed by atoms with Crippen LogP contribution in [0.3, 0.4) is 0 Å². The van der Waals surface area contributed by atoms with Crippen LogP contribution in [0, 0.1) is 6.92 Å². The van der Waals surface area contributed by atoms with E-state index in [2.05, 4.69) is 18.8 Å². The third kappa shape index (κ3) is 5.81. The van der Waals surface area contributed by atoms with Crippen LogP contribution in [0.1, 0.15) is 46.9 Å². The summed E-state index contributed by atoms with van der Waals surface area (Å²) < 4.78 is 5.82. The summed E-state index contributed by atoms with van der Waals surface area (Å²) in [6.07, 6.45) is 0.868. The molecule has 1 aromatic heterocycles. The van der Waals surface area contributed by atoms with Gasteiger partial charge in [0, 0.05) is 22.0 Å². The van der Waals surface area contributed by atoms with Crippen molar-refractivity contribution in [2.24, 2.45) is 0 Å². The lowest BCUT2D eigenvalue weighted by atomic mass is 10.1. The van der Waals surface area contributed by atoms with Gasteiger partial charge in [0.15, 0.2) is 0 Å². The van der Waals surface area contributed by atoms with Gasteiger partial charge >= 0.3 is 0 Å². The Morgan fingerprint density at radius 2 is 1.86 bits per heavy atom. The van der Waals surface area contributed by atoms with E-state index >= 15 is 0 Å². The number of rotatable bonds is 8. The summed E-state index contributed by atoms with van der Waals surface area (Å²) in [7, 11) is 0. The van der Waals surface area contributed by atoms with Gasteiger partial charge in [-0.15, -0.1) is 11.3 Å². The summed E-state index contributed by atoms with van der Waals surface area (Å²) in [4.78, 5) is 19.6. The fourth-order valence-corrected chi connectivity index (χ4v) is 3.67. The van der Waals surface area contributed by atoms with Crippen LogP contribution in [-0.2, 0) is 13.2 Å². The number of thiazole rings is 1. The quantitative estimate of drug-likeness (QED) is 0.433. The van der Waals surface area contributed by atoms with Gasteiger partial charge < -0.3 is 9.64 Å². The number of carbonyl (C=O) groups is 1. The molecule has 3 rings (SSSR count). The normalized spacial score (nSPS) is 11.9. The van der Waals surface area contributed by atoms with Crippen LogP contribution in [0.2, 0.25) is 5.02 Å². The van der Waals surface area contributed by atoms with E-state index in [0.29, 0.717) is 23.7 Å². The fraction of sp³-hybridized carbons (Fsp3) is 0.304. The van der Waals surface area contributed by atoms with Gasteiger partial charge in [0.1, 0.15) is 17.4 Å². The van der Waals surface area contributed by atoms with Crippen molar-refractivity contribution in [2.45, 2.75) is 46.4 Å². The summed E-state index contributed by atoms with van der Waals surface area (Å²) >= 11 is 7.51. The van der Waals surface area contributed by atoms with Gasteiger partial charge in [0.2, 0.25) is 0 Å². The molecule has 4 nitrogen and oxygen atoms in total. The number of hydrogen-bond acceptors (Lipinski definition) is 4. The number of nitrogens with zero attached hydrogens (tertiary/aromatic N) is 2. The van der Waals surface area contributed by atoms with Crippen LogP contribution in [0.4, 0.5) is 0 Å². The van der Waals surface area contributed by atoms with E-state index in [1.165, 1.54) is 5.56 Å². The Hall–Kier alpha value is -2.37. The second-order valence-electron chi connectivity index (χ2n) is 7.03. The molecule has 0 aliphatic carbocycles. The van der Waals surface area contributed by atoms with Gasteiger partial charge in [-0.25, -0.2) is 4.98 Å². The molecule has 0 aliphatic heterocycles. The number of benzene rings is 2. The first-order valence-corrected chi connectivity index (χ1v) is 10.9. The molecular weight excluding hydrogens is 404 g/mol. The Morgan fingerprint density at radius 1 is 1.17 bits per heavy atom. The molecule has 0 saturated carbocycles. The van der Waals surface area contributed by atoms with Crippen LogP contribution in [0.5, 0.6) is 5.75 Å². The van der Waals surface area contributed by atoms with E-state index in [1.807, 2.05) is 41.5 Å². The zero-order valence-corrected chi connectivity index (χ0v) is 18.5. The molecule has 1 heterocycles. The van der Waals surface area contributed by atoms with Gasteiger partial charge in [-0.05, 0) is 56.7 Å². The van der Waals surface area contributed by atoms with Crippen molar-refractivity contribution in [1.29, 1.82) is 0 Å². The molecule has 0 aliphatic rings. The summed E-state index contributed by atoms with van der Waals surface area (Å²) in [6.45, 7) is 7.07. The van der Waals surface area contributed by atoms with Crippen molar-refractivity contribution in [2.75, 3.05) is 0 Å². The predicted molar refractivity (Wildman–Crippen MR) is 119 cm³/mol. The zero-order chi connectivity index (χ0) is 20.8. The number of aromatic nitrogens is 1. The SMILES string of the molecule is CCC(C)N(Cc1csc(COc2ccc(C)cc2)n1)C(=O)c1ccc(Cl)cc1. The van der Waals surface area contributed by atoms with Gasteiger partial charge in [0.25, 0.3) is 5.91 Å². The average Bonchev–Trinajstić information content (AvgIpc) is 3.18. The maximum absolute atomic E-state index is 13.0. The summed E-state index contributed by atoms with van der Waals surface area (Å²) in [5.41, 5.74) is 2.71. The van der Waals surface area contributed by atoms with Crippen molar-refractivity contribution in [3.63, 3.8) is 0 Å². The van der Waals surface area contributed by atoms with E-state index in [-0.39, 0.29) is 11.9 Å². The zero-order valence-electron chi connectivity index (χ0n) is 16.9. The Morgan fingerprint density at radius 3 is 2.52 bits per heavy atom. The smallest absolute Gasteiger partial charge is 0.254 e. The molecule has 0 saturated heterocycles. The van der Waals surface area contributed by atoms with E-state index < -0.39 is 0 Å². The lowest BCUT2D eigenvalue weighted by Crippen LogP contribution is -2.37. The first-order chi connectivity index (χ1) is 14.0. The number of carbonyl (C=O) groups excluding carboxylic acids is 1. The summed E-state index contributed by atoms with van der Waals surface area (Å²) in [5, 5.41) is 3.51. The largest absolute Gasteiger partial charge is 0.486 e. The Bertz CT molecular complexity index is 938. The molecule has 0 spiro atoms. The highest BCUT2D eigenvalue weighted by molar-refractivity contribution is 7.09. The average molecular weight is 429 g/mol. The monoisotopic (exact) mass is 428 g/mol. The van der Waals surface area contributed by atoms with Gasteiger partial charge in [-0.1, -0.05) is 36.2 Å². The molecule has 1 unspecified atom stereocenters. The van der Waals surface area contributed by atoms with E-state index in [4.69, 9.17) is 16.3 Å². The fourth-order valence-electron chi connectivity index (χ4n) is 2.85. The maximum Gasteiger partial charge on any atom is 0.254 e. The van der Waals surface area contributed by atoms with Crippen LogP contribution >= 0.6 is 22.9 Å². The van der Waals surface area contributed by atoms with Crippen LogP contribution in [-0.4, -0.2) is 21.8 Å². The van der Waals surface area contributed by atoms with Gasteiger partial charge in [0.05, 0.1) is 12.2 Å². The van der Waals surface area contributed by atoms with Crippen molar-refractivity contribution in [3.05, 3.63) is 80.8 Å². The molecule has 1 amide bonds. The van der Waals surface area contributed by atoms with Gasteiger partial charge in [-0.3, -0.25) is 4.79 Å². The molecule has 29 heavy (non-hydrogen) atoms. The third-order valence-corrected chi connectivity index (χ3v) is 5.91. The molecule has 0 fully saturated rings. The first kappa shape index (κ1) is 21.3. The lowest BCUT2D eigenvalue weighted by Gasteiger charge is -2.28. The van der Waals surface area contributed by atoms with Crippen molar-refractivity contribution in [3.8, 4) is 5.75 Å². The molecule has 152 valence electrons. The highest BCUT2D eigenvalue weighted by Crippen LogP contribution is 2.20. The Balaban J connectivity index is 1.67. The van der Waals surface area contributed by atoms with Crippen LogP contribution in [0.15, 0.2) is 53.9 Å². The van der Waals surface area contributed by atoms with Crippen molar-refractivity contribution in [1.82, 2.24) is 9.88 Å². The Kier molecular flexibility index (Phi) is 7.29. The van der Waals surface area contributed by atoms with E-state index in [0.717, 1.165) is 22.9 Å². The highest BCUT2D eigenvalue weighted by atomic mass is 35.5. The van der Waals surface area contributed by atoms with Crippen LogP contribution in [0.25, 0.3) is 0 Å². The molecule has 3 aromatic rings. The molecular formula is C23H25ClN2O2S. The molecule has 0 N–H and O–H groups in total. The second kappa shape index (κ2) is 9.90. The minimum Gasteiger partial charge on any atom is -0.486 e. The molecule has 0 radical (unpaired) electrons. The van der Waals surface area contributed by atoms with Crippen molar-refractivity contribution < 1.29 is 9.53 Å². The second-order valence-corrected chi connectivity index (χ2v) is 8.41. The molecule has 6 heteroatoms. The van der Waals surface area contributed by atoms with E-state index in [1.54, 1.807) is 35.6 Å². The summed E-state index contributed by atoms with van der Waals surface area (Å²) in [5.74, 6) is 0.813. The standard InChI is InChI=1S/C23H25ClN2O2S/c1-4-17(3)26(23(27)18-7-9-19(24)10-8-18)13-20-15-29-22(25-20)14-28-21-11-5-16(2)6-12-21/h5-12,15,17H,4,13-14H2,1-3H3. The maximum atomic E-state index is 13.0. The number of halogens is 1. The number of hydrogen-bond donors (Lipinski definition) is 0. The lowest BCUT2D eigenvalue weighted by molar-refractivity contribution is 0.0669. The minimum absolute atomic E-state index is 0.0125. The number of amides is 1. The molecule has 2 aromatic carbocycles. The predicted octanol–water partition coefficient (Wildman–Crippen LogP) is 6.12. The molecule has 0 bridgehead atoms. The molecule has 1 atom stereocenters. The highest BCUT2D eigenvalue weighted by Gasteiger charge is 2.22. The minimum atomic E-state index is -0.0125. The number of ether oxygens (including phenoxy) is 1. The van der Waals surface area contributed by atoms with Crippen LogP contribution < -0.4 is 4.74 Å². The summed E-state index contributed by atoms with van der Waals surface area (Å²) in [6, 6.07) is 15.1. The third-order valence-electron chi connectivity index (χ3n) is 4.79. The topological polar surface area (TPSA) is 42.4 Å². The first-order valence-electron chi connectivity index (χ1n) is 9.65.